The van der Waals surface area contributed by atoms with E-state index in [1.165, 1.54) is 22.8 Å². The zero-order valence-electron chi connectivity index (χ0n) is 22.1. The third-order valence-corrected chi connectivity index (χ3v) is 7.74. The lowest BCUT2D eigenvalue weighted by atomic mass is 9.85. The van der Waals surface area contributed by atoms with E-state index in [4.69, 9.17) is 0 Å². The summed E-state index contributed by atoms with van der Waals surface area (Å²) in [4.78, 5) is 37.6. The molecule has 2 aromatic carbocycles. The Hall–Kier alpha value is -3.56. The summed E-state index contributed by atoms with van der Waals surface area (Å²) in [6, 6.07) is 9.50. The molecule has 0 aliphatic carbocycles. The number of rotatable bonds is 10. The number of amides is 3. The van der Waals surface area contributed by atoms with Crippen molar-refractivity contribution in [2.24, 2.45) is 5.92 Å². The van der Waals surface area contributed by atoms with Crippen LogP contribution in [0.3, 0.4) is 0 Å². The van der Waals surface area contributed by atoms with Crippen LogP contribution in [0, 0.1) is 5.92 Å². The van der Waals surface area contributed by atoms with Crippen LogP contribution in [0.15, 0.2) is 36.4 Å². The Bertz CT molecular complexity index is 1180. The number of hydrogen-bond acceptors (Lipinski definition) is 5. The molecule has 2 aromatic rings. The van der Waals surface area contributed by atoms with Gasteiger partial charge in [-0.15, -0.1) is 0 Å². The predicted molar refractivity (Wildman–Crippen MR) is 143 cm³/mol. The van der Waals surface area contributed by atoms with Gasteiger partial charge in [-0.1, -0.05) is 31.5 Å². The first-order chi connectivity index (χ1) is 18.7. The third kappa shape index (κ3) is 6.91. The molecule has 39 heavy (non-hydrogen) atoms. The molecule has 0 bridgehead atoms. The second-order valence-corrected chi connectivity index (χ2v) is 10.4. The highest BCUT2D eigenvalue weighted by molar-refractivity contribution is 5.91. The number of nitrogens with zero attached hydrogens (tertiary/aromatic N) is 2. The molecule has 0 aromatic heterocycles. The van der Waals surface area contributed by atoms with Crippen molar-refractivity contribution in [2.45, 2.75) is 64.2 Å². The van der Waals surface area contributed by atoms with Gasteiger partial charge in [-0.25, -0.2) is 0 Å². The number of piperidine rings is 1. The van der Waals surface area contributed by atoms with Crippen molar-refractivity contribution in [1.82, 2.24) is 10.2 Å². The monoisotopic (exact) mass is 544 g/mol. The number of nitrogens with one attached hydrogen (secondary N) is 2. The van der Waals surface area contributed by atoms with Gasteiger partial charge in [0.1, 0.15) is 6.04 Å². The van der Waals surface area contributed by atoms with E-state index in [9.17, 15) is 27.6 Å². The summed E-state index contributed by atoms with van der Waals surface area (Å²) in [5.41, 5.74) is 3.35. The van der Waals surface area contributed by atoms with Crippen LogP contribution in [0.2, 0.25) is 0 Å². The number of carbonyl (C=O) groups excluding carboxylic acids is 3. The van der Waals surface area contributed by atoms with Crippen LogP contribution in [0.5, 0.6) is 0 Å². The fourth-order valence-corrected chi connectivity index (χ4v) is 5.73. The Kier molecular flexibility index (Phi) is 9.14. The highest BCUT2D eigenvalue weighted by Crippen LogP contribution is 2.40. The van der Waals surface area contributed by atoms with Gasteiger partial charge in [0.2, 0.25) is 18.7 Å². The van der Waals surface area contributed by atoms with Crippen LogP contribution in [0.1, 0.15) is 54.9 Å². The standard InChI is InChI=1S/C29H35F3N4O3/c1-2-4-26(28(39)33-18-37)34-23-7-8-27(25(16-23)29(30,31)32)36-13-9-20(10-14-36)15-21-5-3-6-22-17-35(19-38)12-11-24(21)22/h3,5-8,16,18-20,26,34H,2,4,9-15,17H2,1H3,(H,33,37,39). The van der Waals surface area contributed by atoms with Crippen LogP contribution >= 0.6 is 0 Å². The third-order valence-electron chi connectivity index (χ3n) is 7.74. The Balaban J connectivity index is 1.45. The van der Waals surface area contributed by atoms with E-state index < -0.39 is 23.7 Å². The van der Waals surface area contributed by atoms with Crippen molar-refractivity contribution in [3.8, 4) is 0 Å². The SMILES string of the molecule is CCCC(Nc1ccc(N2CCC(Cc3cccc4c3CCN(C=O)C4)CC2)c(C(F)(F)F)c1)C(=O)NC=O. The average molecular weight is 545 g/mol. The minimum Gasteiger partial charge on any atom is -0.374 e. The van der Waals surface area contributed by atoms with Gasteiger partial charge in [-0.05, 0) is 72.9 Å². The second kappa shape index (κ2) is 12.5. The molecule has 2 aliphatic rings. The predicted octanol–water partition coefficient (Wildman–Crippen LogP) is 4.53. The lowest BCUT2D eigenvalue weighted by molar-refractivity contribution is -0.137. The molecule has 0 spiro atoms. The second-order valence-electron chi connectivity index (χ2n) is 10.4. The molecule has 1 saturated heterocycles. The average Bonchev–Trinajstić information content (AvgIpc) is 2.93. The smallest absolute Gasteiger partial charge is 0.374 e. The first-order valence-corrected chi connectivity index (χ1v) is 13.5. The molecule has 2 heterocycles. The van der Waals surface area contributed by atoms with Crippen LogP contribution in [0.25, 0.3) is 0 Å². The number of carbonyl (C=O) groups is 3. The Morgan fingerprint density at radius 3 is 2.56 bits per heavy atom. The maximum absolute atomic E-state index is 14.1. The van der Waals surface area contributed by atoms with E-state index in [-0.39, 0.29) is 17.8 Å². The summed E-state index contributed by atoms with van der Waals surface area (Å²) >= 11 is 0. The first-order valence-electron chi connectivity index (χ1n) is 13.5. The summed E-state index contributed by atoms with van der Waals surface area (Å²) in [6.45, 7) is 4.23. The number of benzene rings is 2. The topological polar surface area (TPSA) is 81.8 Å². The molecule has 4 rings (SSSR count). The van der Waals surface area contributed by atoms with Gasteiger partial charge in [0.05, 0.1) is 5.56 Å². The summed E-state index contributed by atoms with van der Waals surface area (Å²) in [7, 11) is 0. The summed E-state index contributed by atoms with van der Waals surface area (Å²) in [6.07, 6.45) is 0.863. The van der Waals surface area contributed by atoms with E-state index in [0.29, 0.717) is 44.9 Å². The molecule has 7 nitrogen and oxygen atoms in total. The lowest BCUT2D eigenvalue weighted by Gasteiger charge is -2.36. The summed E-state index contributed by atoms with van der Waals surface area (Å²) in [5, 5.41) is 4.93. The van der Waals surface area contributed by atoms with Crippen molar-refractivity contribution in [3.05, 3.63) is 58.7 Å². The van der Waals surface area contributed by atoms with Crippen LogP contribution in [0.4, 0.5) is 24.5 Å². The fourth-order valence-electron chi connectivity index (χ4n) is 5.73. The Morgan fingerprint density at radius 2 is 1.90 bits per heavy atom. The highest BCUT2D eigenvalue weighted by Gasteiger charge is 2.36. The molecule has 3 amide bonds. The number of alkyl halides is 3. The minimum atomic E-state index is -4.56. The van der Waals surface area contributed by atoms with E-state index in [1.807, 2.05) is 13.0 Å². The molecule has 1 fully saturated rings. The van der Waals surface area contributed by atoms with Gasteiger partial charge in [0.25, 0.3) is 0 Å². The largest absolute Gasteiger partial charge is 0.418 e. The van der Waals surface area contributed by atoms with Crippen LogP contribution in [-0.4, -0.2) is 49.3 Å². The number of anilines is 2. The van der Waals surface area contributed by atoms with Gasteiger partial charge in [-0.2, -0.15) is 13.2 Å². The number of fused-ring (bicyclic) bond motifs is 1. The molecule has 0 radical (unpaired) electrons. The fraction of sp³-hybridized carbons (Fsp3) is 0.483. The number of halogens is 3. The van der Waals surface area contributed by atoms with E-state index in [0.717, 1.165) is 38.2 Å². The Labute approximate surface area is 226 Å². The van der Waals surface area contributed by atoms with Gasteiger partial charge < -0.3 is 15.1 Å². The molecule has 1 atom stereocenters. The van der Waals surface area contributed by atoms with E-state index in [1.54, 1.807) is 15.9 Å². The highest BCUT2D eigenvalue weighted by atomic mass is 19.4. The molecule has 0 saturated carbocycles. The van der Waals surface area contributed by atoms with Crippen molar-refractivity contribution in [1.29, 1.82) is 0 Å². The van der Waals surface area contributed by atoms with Gasteiger partial charge >= 0.3 is 6.18 Å². The van der Waals surface area contributed by atoms with Crippen LogP contribution in [-0.2, 0) is 39.9 Å². The molecule has 210 valence electrons. The molecule has 10 heteroatoms. The quantitative estimate of drug-likeness (QED) is 0.430. The Morgan fingerprint density at radius 1 is 1.13 bits per heavy atom. The zero-order chi connectivity index (χ0) is 28.0. The van der Waals surface area contributed by atoms with E-state index in [2.05, 4.69) is 22.8 Å². The molecule has 2 N–H and O–H groups in total. The van der Waals surface area contributed by atoms with Crippen LogP contribution < -0.4 is 15.5 Å². The van der Waals surface area contributed by atoms with Crippen molar-refractivity contribution < 1.29 is 27.6 Å². The molecular weight excluding hydrogens is 509 g/mol. The summed E-state index contributed by atoms with van der Waals surface area (Å²) in [5.74, 6) is -0.203. The van der Waals surface area contributed by atoms with Gasteiger partial charge in [0.15, 0.2) is 0 Å². The van der Waals surface area contributed by atoms with Crippen molar-refractivity contribution in [3.63, 3.8) is 0 Å². The van der Waals surface area contributed by atoms with Gasteiger partial charge in [-0.3, -0.25) is 19.7 Å². The van der Waals surface area contributed by atoms with Crippen molar-refractivity contribution >= 4 is 30.1 Å². The lowest BCUT2D eigenvalue weighted by Crippen LogP contribution is -2.39. The maximum atomic E-state index is 14.1. The zero-order valence-corrected chi connectivity index (χ0v) is 22.1. The molecule has 2 aliphatic heterocycles. The normalized spacial score (nSPS) is 16.8. The minimum absolute atomic E-state index is 0.141. The first kappa shape index (κ1) is 28.4. The number of hydrogen-bond donors (Lipinski definition) is 2. The van der Waals surface area contributed by atoms with Crippen molar-refractivity contribution in [2.75, 3.05) is 29.9 Å². The summed E-state index contributed by atoms with van der Waals surface area (Å²) < 4.78 is 42.4. The molecule has 1 unspecified atom stereocenters. The van der Waals surface area contributed by atoms with E-state index >= 15 is 0 Å². The molecular formula is C29H35F3N4O3. The maximum Gasteiger partial charge on any atom is 0.418 e. The number of imide groups is 1. The van der Waals surface area contributed by atoms with Gasteiger partial charge in [0, 0.05) is 37.6 Å².